The van der Waals surface area contributed by atoms with Gasteiger partial charge in [-0.3, -0.25) is 14.4 Å². The van der Waals surface area contributed by atoms with E-state index in [-0.39, 0.29) is 29.7 Å². The maximum atomic E-state index is 13.4. The molecule has 3 atom stereocenters. The number of hydrogen-bond acceptors (Lipinski definition) is 4. The van der Waals surface area contributed by atoms with Crippen LogP contribution in [0, 0.1) is 5.92 Å². The minimum atomic E-state index is -0.609. The molecule has 1 aliphatic carbocycles. The van der Waals surface area contributed by atoms with Gasteiger partial charge in [-0.15, -0.1) is 0 Å². The second kappa shape index (κ2) is 13.3. The van der Waals surface area contributed by atoms with E-state index >= 15 is 0 Å². The van der Waals surface area contributed by atoms with Crippen LogP contribution in [0.15, 0.2) is 30.3 Å². The van der Waals surface area contributed by atoms with Gasteiger partial charge in [0.2, 0.25) is 17.7 Å². The molecule has 2 aliphatic rings. The van der Waals surface area contributed by atoms with E-state index in [9.17, 15) is 14.4 Å². The summed E-state index contributed by atoms with van der Waals surface area (Å²) in [6.45, 7) is 0.832. The average Bonchev–Trinajstić information content (AvgIpc) is 2.87. The first-order valence-corrected chi connectivity index (χ1v) is 12.7. The van der Waals surface area contributed by atoms with Gasteiger partial charge in [0.25, 0.3) is 0 Å². The van der Waals surface area contributed by atoms with Gasteiger partial charge in [-0.25, -0.2) is 0 Å². The summed E-state index contributed by atoms with van der Waals surface area (Å²) in [5, 5.41) is 12.0. The molecule has 7 heteroatoms. The van der Waals surface area contributed by atoms with Gasteiger partial charge in [0.05, 0.1) is 6.04 Å². The van der Waals surface area contributed by atoms with Crippen molar-refractivity contribution >= 4 is 17.7 Å². The molecule has 0 spiro atoms. The molecule has 1 saturated carbocycles. The van der Waals surface area contributed by atoms with Crippen LogP contribution in [0.25, 0.3) is 0 Å². The van der Waals surface area contributed by atoms with Crippen LogP contribution in [0.1, 0.15) is 69.8 Å². The Morgan fingerprint density at radius 2 is 1.67 bits per heavy atom. The Bertz CT molecular complexity index is 758. The van der Waals surface area contributed by atoms with E-state index in [1.807, 2.05) is 18.2 Å². The number of hydrogen-bond donors (Lipinski definition) is 4. The first-order chi connectivity index (χ1) is 16.1. The zero-order valence-corrected chi connectivity index (χ0v) is 19.9. The lowest BCUT2D eigenvalue weighted by Crippen LogP contribution is -2.59. The molecule has 1 aromatic carbocycles. The van der Waals surface area contributed by atoms with Crippen molar-refractivity contribution in [3.05, 3.63) is 35.9 Å². The summed E-state index contributed by atoms with van der Waals surface area (Å²) in [5.41, 5.74) is 1.21. The second-order valence-electron chi connectivity index (χ2n) is 9.44. The van der Waals surface area contributed by atoms with Crippen molar-refractivity contribution in [2.45, 2.75) is 88.8 Å². The smallest absolute Gasteiger partial charge is 0.243 e. The van der Waals surface area contributed by atoms with Crippen LogP contribution in [-0.2, 0) is 20.8 Å². The zero-order chi connectivity index (χ0) is 23.5. The fraction of sp³-hybridized carbons (Fsp3) is 0.654. The van der Waals surface area contributed by atoms with Crippen molar-refractivity contribution < 1.29 is 14.4 Å². The molecule has 1 saturated heterocycles. The molecule has 1 aromatic rings. The van der Waals surface area contributed by atoms with Gasteiger partial charge in [0.15, 0.2) is 0 Å². The highest BCUT2D eigenvalue weighted by atomic mass is 16.2. The largest absolute Gasteiger partial charge is 0.357 e. The van der Waals surface area contributed by atoms with Crippen molar-refractivity contribution in [1.29, 1.82) is 0 Å². The predicted molar refractivity (Wildman–Crippen MR) is 130 cm³/mol. The Kier molecular flexibility index (Phi) is 10.2. The van der Waals surface area contributed by atoms with Gasteiger partial charge in [-0.1, -0.05) is 56.0 Å². The Morgan fingerprint density at radius 1 is 0.939 bits per heavy atom. The number of aryl methyl sites for hydroxylation is 1. The number of nitrogens with one attached hydrogen (secondary N) is 4. The predicted octanol–water partition coefficient (Wildman–Crippen LogP) is 2.45. The van der Waals surface area contributed by atoms with Crippen molar-refractivity contribution in [2.24, 2.45) is 5.92 Å². The number of benzene rings is 1. The normalized spacial score (nSPS) is 20.9. The van der Waals surface area contributed by atoms with E-state index in [0.717, 1.165) is 64.3 Å². The standard InChI is InChI=1S/C26H40N4O3/c1-27-24(31)22(17-10-13-19-11-4-2-5-12-19)29-26(33)23(20-14-6-3-7-15-20)30-25(32)21-16-8-9-18-28-21/h2,4-5,11-12,20-23,28H,3,6-10,13-18H2,1H3,(H,27,31)(H,29,33)(H,30,32)/t21-,22-,23+/m0/s1. The van der Waals surface area contributed by atoms with E-state index in [0.29, 0.717) is 6.42 Å². The third-order valence-corrected chi connectivity index (χ3v) is 7.01. The van der Waals surface area contributed by atoms with Crippen molar-refractivity contribution in [1.82, 2.24) is 21.3 Å². The van der Waals surface area contributed by atoms with Crippen LogP contribution < -0.4 is 21.3 Å². The first-order valence-electron chi connectivity index (χ1n) is 12.7. The fourth-order valence-corrected chi connectivity index (χ4v) is 5.05. The molecule has 0 aromatic heterocycles. The molecule has 7 nitrogen and oxygen atoms in total. The lowest BCUT2D eigenvalue weighted by atomic mass is 9.83. The van der Waals surface area contributed by atoms with Crippen LogP contribution in [0.5, 0.6) is 0 Å². The van der Waals surface area contributed by atoms with Gasteiger partial charge in [-0.2, -0.15) is 0 Å². The molecule has 1 aliphatic heterocycles. The Morgan fingerprint density at radius 3 is 2.33 bits per heavy atom. The topological polar surface area (TPSA) is 99.3 Å². The summed E-state index contributed by atoms with van der Waals surface area (Å²) in [7, 11) is 1.59. The monoisotopic (exact) mass is 456 g/mol. The molecule has 33 heavy (non-hydrogen) atoms. The Balaban J connectivity index is 1.63. The fourth-order valence-electron chi connectivity index (χ4n) is 5.05. The molecule has 0 bridgehead atoms. The lowest BCUT2D eigenvalue weighted by Gasteiger charge is -2.33. The molecule has 3 rings (SSSR count). The summed E-state index contributed by atoms with van der Waals surface area (Å²) in [4.78, 5) is 38.9. The highest BCUT2D eigenvalue weighted by Crippen LogP contribution is 2.27. The quantitative estimate of drug-likeness (QED) is 0.435. The van der Waals surface area contributed by atoms with Crippen molar-refractivity contribution in [3.63, 3.8) is 0 Å². The minimum Gasteiger partial charge on any atom is -0.357 e. The van der Waals surface area contributed by atoms with Gasteiger partial charge < -0.3 is 21.3 Å². The molecule has 4 N–H and O–H groups in total. The summed E-state index contributed by atoms with van der Waals surface area (Å²) in [6, 6.07) is 8.70. The van der Waals surface area contributed by atoms with Crippen LogP contribution in [0.4, 0.5) is 0 Å². The van der Waals surface area contributed by atoms with Gasteiger partial charge >= 0.3 is 0 Å². The summed E-state index contributed by atoms with van der Waals surface area (Å²) >= 11 is 0. The molecular formula is C26H40N4O3. The van der Waals surface area contributed by atoms with Crippen LogP contribution in [0.2, 0.25) is 0 Å². The molecule has 0 radical (unpaired) electrons. The number of rotatable bonds is 10. The first kappa shape index (κ1) is 25.2. The van der Waals surface area contributed by atoms with Crippen LogP contribution in [0.3, 0.4) is 0 Å². The SMILES string of the molecule is CNC(=O)[C@H](CCCc1ccccc1)NC(=O)[C@H](NC(=O)[C@@H]1CCCCN1)C1CCCCC1. The summed E-state index contributed by atoms with van der Waals surface area (Å²) in [6.07, 6.45) is 10.2. The maximum absolute atomic E-state index is 13.4. The highest BCUT2D eigenvalue weighted by Gasteiger charge is 2.34. The third-order valence-electron chi connectivity index (χ3n) is 7.01. The summed E-state index contributed by atoms with van der Waals surface area (Å²) < 4.78 is 0. The number of carbonyl (C=O) groups excluding carboxylic acids is 3. The molecule has 3 amide bonds. The number of amides is 3. The van der Waals surface area contributed by atoms with Crippen LogP contribution in [-0.4, -0.2) is 49.4 Å². The zero-order valence-electron chi connectivity index (χ0n) is 19.9. The van der Waals surface area contributed by atoms with Gasteiger partial charge in [0, 0.05) is 7.05 Å². The van der Waals surface area contributed by atoms with Crippen molar-refractivity contribution in [3.8, 4) is 0 Å². The van der Waals surface area contributed by atoms with E-state index in [4.69, 9.17) is 0 Å². The van der Waals surface area contributed by atoms with E-state index in [1.165, 1.54) is 12.0 Å². The van der Waals surface area contributed by atoms with Gasteiger partial charge in [0.1, 0.15) is 12.1 Å². The van der Waals surface area contributed by atoms with Crippen LogP contribution >= 0.6 is 0 Å². The second-order valence-corrected chi connectivity index (χ2v) is 9.44. The molecule has 2 fully saturated rings. The molecule has 0 unspecified atom stereocenters. The third kappa shape index (κ3) is 7.84. The Labute approximate surface area is 197 Å². The number of likely N-dealkylation sites (N-methyl/N-ethyl adjacent to an activating group) is 1. The van der Waals surface area contributed by atoms with E-state index in [1.54, 1.807) is 7.05 Å². The lowest BCUT2D eigenvalue weighted by molar-refractivity contribution is -0.134. The average molecular weight is 457 g/mol. The maximum Gasteiger partial charge on any atom is 0.243 e. The van der Waals surface area contributed by atoms with E-state index < -0.39 is 12.1 Å². The molecule has 182 valence electrons. The summed E-state index contributed by atoms with van der Waals surface area (Å²) in [5.74, 6) is -0.416. The van der Waals surface area contributed by atoms with Gasteiger partial charge in [-0.05, 0) is 63.0 Å². The van der Waals surface area contributed by atoms with E-state index in [2.05, 4.69) is 33.4 Å². The minimum absolute atomic E-state index is 0.0963. The molecular weight excluding hydrogens is 416 g/mol. The molecule has 1 heterocycles. The Hall–Kier alpha value is -2.41. The number of carbonyl (C=O) groups is 3. The van der Waals surface area contributed by atoms with Crippen molar-refractivity contribution in [2.75, 3.05) is 13.6 Å². The number of piperidine rings is 1. The highest BCUT2D eigenvalue weighted by molar-refractivity contribution is 5.93.